The average molecular weight is 347 g/mol. The van der Waals surface area contributed by atoms with Crippen LogP contribution in [-0.2, 0) is 11.2 Å². The summed E-state index contributed by atoms with van der Waals surface area (Å²) in [6, 6.07) is 9.98. The Balaban J connectivity index is 1.77. The third-order valence-electron chi connectivity index (χ3n) is 4.43. The van der Waals surface area contributed by atoms with Crippen molar-refractivity contribution in [1.82, 2.24) is 4.90 Å². The number of methoxy groups -OCH3 is 1. The number of aliphatic hydroxyl groups excluding tert-OH is 1. The molecule has 1 amide bonds. The molecule has 2 aromatic carbocycles. The molecule has 0 unspecified atom stereocenters. The Morgan fingerprint density at radius 3 is 2.60 bits per heavy atom. The quantitative estimate of drug-likeness (QED) is 0.925. The molecule has 1 aliphatic rings. The van der Waals surface area contributed by atoms with Crippen LogP contribution < -0.4 is 4.74 Å². The van der Waals surface area contributed by atoms with Gasteiger partial charge in [-0.1, -0.05) is 18.2 Å². The number of likely N-dealkylation sites (tertiary alicyclic amines) is 1. The predicted molar refractivity (Wildman–Crippen MR) is 88.1 cm³/mol. The van der Waals surface area contributed by atoms with E-state index >= 15 is 0 Å². The van der Waals surface area contributed by atoms with Gasteiger partial charge in [0.2, 0.25) is 5.91 Å². The molecule has 2 atom stereocenters. The lowest BCUT2D eigenvalue weighted by atomic mass is 10.0. The minimum atomic E-state index is -0.633. The van der Waals surface area contributed by atoms with Crippen molar-refractivity contribution >= 4 is 5.91 Å². The van der Waals surface area contributed by atoms with E-state index in [-0.39, 0.29) is 36.5 Å². The number of hydrogen-bond acceptors (Lipinski definition) is 3. The summed E-state index contributed by atoms with van der Waals surface area (Å²) >= 11 is 0. The Morgan fingerprint density at radius 2 is 1.96 bits per heavy atom. The SMILES string of the molecule is COc1ccc(CC(=O)N2C[C@H](O)C[C@@H]2c2ccc(F)cc2)cc1F. The molecule has 0 radical (unpaired) electrons. The molecule has 1 heterocycles. The summed E-state index contributed by atoms with van der Waals surface area (Å²) in [4.78, 5) is 14.2. The van der Waals surface area contributed by atoms with Gasteiger partial charge in [0, 0.05) is 6.54 Å². The zero-order valence-electron chi connectivity index (χ0n) is 13.8. The molecule has 0 bridgehead atoms. The van der Waals surface area contributed by atoms with Crippen LogP contribution in [0.2, 0.25) is 0 Å². The second kappa shape index (κ2) is 7.19. The van der Waals surface area contributed by atoms with Crippen LogP contribution in [0.15, 0.2) is 42.5 Å². The highest BCUT2D eigenvalue weighted by Gasteiger charge is 2.35. The number of rotatable bonds is 4. The van der Waals surface area contributed by atoms with Gasteiger partial charge < -0.3 is 14.7 Å². The fourth-order valence-corrected chi connectivity index (χ4v) is 3.19. The van der Waals surface area contributed by atoms with E-state index < -0.39 is 11.9 Å². The predicted octanol–water partition coefficient (Wildman–Crippen LogP) is 2.85. The fraction of sp³-hybridized carbons (Fsp3) is 0.316. The van der Waals surface area contributed by atoms with Crippen molar-refractivity contribution in [2.45, 2.75) is 25.0 Å². The third kappa shape index (κ3) is 3.79. The van der Waals surface area contributed by atoms with Gasteiger partial charge in [0.15, 0.2) is 11.6 Å². The first-order valence-corrected chi connectivity index (χ1v) is 8.03. The monoisotopic (exact) mass is 347 g/mol. The van der Waals surface area contributed by atoms with E-state index in [1.165, 1.54) is 31.4 Å². The van der Waals surface area contributed by atoms with Crippen molar-refractivity contribution in [2.75, 3.05) is 13.7 Å². The normalized spacial score (nSPS) is 19.9. The van der Waals surface area contributed by atoms with Crippen molar-refractivity contribution < 1.29 is 23.4 Å². The highest BCUT2D eigenvalue weighted by molar-refractivity contribution is 5.79. The number of carbonyl (C=O) groups excluding carboxylic acids is 1. The molecule has 6 heteroatoms. The van der Waals surface area contributed by atoms with Gasteiger partial charge >= 0.3 is 0 Å². The molecule has 0 saturated carbocycles. The summed E-state index contributed by atoms with van der Waals surface area (Å²) in [5, 5.41) is 9.97. The van der Waals surface area contributed by atoms with E-state index in [2.05, 4.69) is 0 Å². The first kappa shape index (κ1) is 17.4. The van der Waals surface area contributed by atoms with E-state index in [1.54, 1.807) is 23.1 Å². The second-order valence-corrected chi connectivity index (χ2v) is 6.15. The first-order valence-electron chi connectivity index (χ1n) is 8.03. The molecule has 132 valence electrons. The second-order valence-electron chi connectivity index (χ2n) is 6.15. The van der Waals surface area contributed by atoms with E-state index in [9.17, 15) is 18.7 Å². The van der Waals surface area contributed by atoms with Gasteiger partial charge in [-0.05, 0) is 41.8 Å². The fourth-order valence-electron chi connectivity index (χ4n) is 3.19. The Bertz CT molecular complexity index is 764. The number of ether oxygens (including phenoxy) is 1. The highest BCUT2D eigenvalue weighted by Crippen LogP contribution is 2.33. The maximum absolute atomic E-state index is 13.8. The van der Waals surface area contributed by atoms with Crippen molar-refractivity contribution in [2.24, 2.45) is 0 Å². The molecule has 1 saturated heterocycles. The van der Waals surface area contributed by atoms with E-state index in [4.69, 9.17) is 4.74 Å². The summed E-state index contributed by atoms with van der Waals surface area (Å²) in [7, 11) is 1.38. The molecule has 2 aromatic rings. The van der Waals surface area contributed by atoms with Gasteiger partial charge in [-0.3, -0.25) is 4.79 Å². The molecule has 25 heavy (non-hydrogen) atoms. The number of benzene rings is 2. The average Bonchev–Trinajstić information content (AvgIpc) is 2.98. The van der Waals surface area contributed by atoms with Gasteiger partial charge in [-0.25, -0.2) is 8.78 Å². The van der Waals surface area contributed by atoms with E-state index in [1.807, 2.05) is 0 Å². The smallest absolute Gasteiger partial charge is 0.227 e. The lowest BCUT2D eigenvalue weighted by Crippen LogP contribution is -2.33. The highest BCUT2D eigenvalue weighted by atomic mass is 19.1. The van der Waals surface area contributed by atoms with E-state index in [0.29, 0.717) is 12.0 Å². The molecule has 0 aliphatic carbocycles. The summed E-state index contributed by atoms with van der Waals surface area (Å²) < 4.78 is 31.8. The van der Waals surface area contributed by atoms with Crippen LogP contribution in [0.4, 0.5) is 8.78 Å². The minimum absolute atomic E-state index is 0.0192. The van der Waals surface area contributed by atoms with Crippen LogP contribution in [0, 0.1) is 11.6 Å². The summed E-state index contributed by atoms with van der Waals surface area (Å²) in [5.74, 6) is -0.967. The molecule has 0 aromatic heterocycles. The standard InChI is InChI=1S/C19H19F2NO3/c1-25-18-7-2-12(8-16(18)21)9-19(24)22-11-15(23)10-17(22)13-3-5-14(20)6-4-13/h2-8,15,17,23H,9-11H2,1H3/t15-,17-/m1/s1. The summed E-state index contributed by atoms with van der Waals surface area (Å²) in [6.07, 6.45) is -0.216. The maximum Gasteiger partial charge on any atom is 0.227 e. The third-order valence-corrected chi connectivity index (χ3v) is 4.43. The van der Waals surface area contributed by atoms with Gasteiger partial charge in [0.1, 0.15) is 5.82 Å². The van der Waals surface area contributed by atoms with Crippen LogP contribution in [0.3, 0.4) is 0 Å². The van der Waals surface area contributed by atoms with Crippen molar-refractivity contribution in [1.29, 1.82) is 0 Å². The summed E-state index contributed by atoms with van der Waals surface area (Å²) in [5.41, 5.74) is 1.30. The van der Waals surface area contributed by atoms with Gasteiger partial charge in [-0.2, -0.15) is 0 Å². The first-order chi connectivity index (χ1) is 12.0. The Hall–Kier alpha value is -2.47. The van der Waals surface area contributed by atoms with Crippen LogP contribution in [0.5, 0.6) is 5.75 Å². The number of amides is 1. The Kier molecular flexibility index (Phi) is 4.99. The molecule has 1 fully saturated rings. The van der Waals surface area contributed by atoms with Crippen molar-refractivity contribution in [3.63, 3.8) is 0 Å². The number of halogens is 2. The number of carbonyl (C=O) groups is 1. The minimum Gasteiger partial charge on any atom is -0.494 e. The number of nitrogens with zero attached hydrogens (tertiary/aromatic N) is 1. The van der Waals surface area contributed by atoms with Crippen LogP contribution in [0.1, 0.15) is 23.6 Å². The Morgan fingerprint density at radius 1 is 1.24 bits per heavy atom. The van der Waals surface area contributed by atoms with Gasteiger partial charge in [0.05, 0.1) is 25.7 Å². The molecule has 4 nitrogen and oxygen atoms in total. The van der Waals surface area contributed by atoms with Crippen LogP contribution in [0.25, 0.3) is 0 Å². The molecular formula is C19H19F2NO3. The number of aliphatic hydroxyl groups is 1. The lowest BCUT2D eigenvalue weighted by Gasteiger charge is -2.25. The zero-order chi connectivity index (χ0) is 18.0. The van der Waals surface area contributed by atoms with Gasteiger partial charge in [0.25, 0.3) is 0 Å². The maximum atomic E-state index is 13.8. The molecule has 1 aliphatic heterocycles. The molecule has 0 spiro atoms. The van der Waals surface area contributed by atoms with Crippen LogP contribution in [-0.4, -0.2) is 35.7 Å². The largest absolute Gasteiger partial charge is 0.494 e. The lowest BCUT2D eigenvalue weighted by molar-refractivity contribution is -0.131. The number of β-amino-alcohol motifs (C(OH)–C–C–N with tert-alkyl or cyclic N) is 1. The number of hydrogen-bond donors (Lipinski definition) is 1. The van der Waals surface area contributed by atoms with Crippen LogP contribution >= 0.6 is 0 Å². The Labute approximate surface area is 144 Å². The topological polar surface area (TPSA) is 49.8 Å². The molecular weight excluding hydrogens is 328 g/mol. The van der Waals surface area contributed by atoms with E-state index in [0.717, 1.165) is 5.56 Å². The zero-order valence-corrected chi connectivity index (χ0v) is 13.8. The van der Waals surface area contributed by atoms with Gasteiger partial charge in [-0.15, -0.1) is 0 Å². The summed E-state index contributed by atoms with van der Waals surface area (Å²) in [6.45, 7) is 0.208. The molecule has 1 N–H and O–H groups in total. The van der Waals surface area contributed by atoms with Crippen molar-refractivity contribution in [3.8, 4) is 5.75 Å². The molecule has 3 rings (SSSR count). The van der Waals surface area contributed by atoms with Crippen molar-refractivity contribution in [3.05, 3.63) is 65.2 Å².